The van der Waals surface area contributed by atoms with Gasteiger partial charge in [-0.1, -0.05) is 34.6 Å². The van der Waals surface area contributed by atoms with Crippen LogP contribution in [0.15, 0.2) is 30.3 Å². The van der Waals surface area contributed by atoms with E-state index < -0.39 is 0 Å². The second-order valence-electron chi connectivity index (χ2n) is 4.42. The Morgan fingerprint density at radius 2 is 1.39 bits per heavy atom. The van der Waals surface area contributed by atoms with Crippen molar-refractivity contribution in [3.05, 3.63) is 70.3 Å². The second kappa shape index (κ2) is 8.27. The van der Waals surface area contributed by atoms with E-state index in [0.717, 1.165) is 0 Å². The van der Waals surface area contributed by atoms with E-state index in [1.807, 2.05) is 24.3 Å². The molecule has 94 valence electrons. The molecule has 18 heavy (non-hydrogen) atoms. The maximum atomic E-state index is 3.21. The predicted molar refractivity (Wildman–Crippen MR) is 74.2 cm³/mol. The van der Waals surface area contributed by atoms with Crippen molar-refractivity contribution >= 4 is 0 Å². The van der Waals surface area contributed by atoms with Crippen LogP contribution in [0.3, 0.4) is 0 Å². The summed E-state index contributed by atoms with van der Waals surface area (Å²) in [6.07, 6.45) is 0. The van der Waals surface area contributed by atoms with E-state index >= 15 is 0 Å². The fourth-order valence-electron chi connectivity index (χ4n) is 1.48. The van der Waals surface area contributed by atoms with Crippen LogP contribution >= 0.6 is 0 Å². The minimum absolute atomic E-state index is 0. The fourth-order valence-corrected chi connectivity index (χ4v) is 1.48. The first-order valence-electron chi connectivity index (χ1n) is 5.90. The zero-order valence-corrected chi connectivity index (χ0v) is 14.7. The van der Waals surface area contributed by atoms with Gasteiger partial charge in [0.1, 0.15) is 0 Å². The van der Waals surface area contributed by atoms with Crippen LogP contribution < -0.4 is 0 Å². The van der Waals surface area contributed by atoms with Gasteiger partial charge in [-0.3, -0.25) is 0 Å². The Kier molecular flexibility index (Phi) is 7.87. The molecule has 0 nitrogen and oxygen atoms in total. The molecule has 2 rings (SSSR count). The number of hydrogen-bond acceptors (Lipinski definition) is 0. The van der Waals surface area contributed by atoms with E-state index in [9.17, 15) is 0 Å². The van der Waals surface area contributed by atoms with E-state index in [1.54, 1.807) is 0 Å². The van der Waals surface area contributed by atoms with E-state index in [0.29, 0.717) is 0 Å². The molecule has 0 amide bonds. The molecule has 0 N–H and O–H groups in total. The molecule has 0 aliphatic rings. The summed E-state index contributed by atoms with van der Waals surface area (Å²) in [7, 11) is 0. The minimum Gasteiger partial charge on any atom is -0.184 e. The van der Waals surface area contributed by atoms with Crippen LogP contribution in [0, 0.1) is 46.8 Å². The maximum absolute atomic E-state index is 3.21. The van der Waals surface area contributed by atoms with Gasteiger partial charge in [0.15, 0.2) is 0 Å². The molecule has 2 aromatic carbocycles. The second-order valence-corrected chi connectivity index (χ2v) is 4.42. The van der Waals surface area contributed by atoms with Crippen molar-refractivity contribution in [1.82, 2.24) is 0 Å². The first kappa shape index (κ1) is 17.1. The van der Waals surface area contributed by atoms with E-state index in [1.165, 1.54) is 27.8 Å². The summed E-state index contributed by atoms with van der Waals surface area (Å²) in [6, 6.07) is 16.1. The van der Waals surface area contributed by atoms with Gasteiger partial charge in [0.2, 0.25) is 0 Å². The Balaban J connectivity index is 0.000000321. The van der Waals surface area contributed by atoms with E-state index in [4.69, 9.17) is 0 Å². The van der Waals surface area contributed by atoms with Crippen LogP contribution in [-0.2, 0) is 21.1 Å². The molecule has 0 radical (unpaired) electrons. The number of aryl methyl sites for hydroxylation is 3. The summed E-state index contributed by atoms with van der Waals surface area (Å²) >= 11 is 0. The summed E-state index contributed by atoms with van der Waals surface area (Å²) in [5.41, 5.74) is 6.67. The Hall–Kier alpha value is -0.872. The molecule has 0 aliphatic heterocycles. The zero-order chi connectivity index (χ0) is 12.8. The SMILES string of the molecule is Cc1[c-]cc(C)c(C)c1C.Cc1cc[c-]cc1.[W+2]. The van der Waals surface area contributed by atoms with Crippen molar-refractivity contribution in [3.63, 3.8) is 0 Å². The van der Waals surface area contributed by atoms with Gasteiger partial charge in [0.25, 0.3) is 0 Å². The third kappa shape index (κ3) is 5.19. The molecule has 0 saturated heterocycles. The predicted octanol–water partition coefficient (Wildman–Crippen LogP) is 4.51. The summed E-state index contributed by atoms with van der Waals surface area (Å²) in [4.78, 5) is 0. The first-order chi connectivity index (χ1) is 8.02. The monoisotopic (exact) mass is 408 g/mol. The maximum Gasteiger partial charge on any atom is 2.00 e. The molecule has 0 saturated carbocycles. The van der Waals surface area contributed by atoms with E-state index in [2.05, 4.69) is 52.8 Å². The van der Waals surface area contributed by atoms with Crippen LogP contribution in [0.25, 0.3) is 0 Å². The fraction of sp³-hybridized carbons (Fsp3) is 0.294. The van der Waals surface area contributed by atoms with Crippen molar-refractivity contribution < 1.29 is 21.1 Å². The third-order valence-electron chi connectivity index (χ3n) is 3.11. The molecule has 0 fully saturated rings. The minimum atomic E-state index is 0. The van der Waals surface area contributed by atoms with Crippen molar-refractivity contribution in [2.45, 2.75) is 34.6 Å². The van der Waals surface area contributed by atoms with Crippen molar-refractivity contribution in [2.75, 3.05) is 0 Å². The Labute approximate surface area is 126 Å². The number of benzene rings is 2. The average molecular weight is 408 g/mol. The Morgan fingerprint density at radius 1 is 0.833 bits per heavy atom. The topological polar surface area (TPSA) is 0 Å². The van der Waals surface area contributed by atoms with Crippen LogP contribution in [-0.4, -0.2) is 0 Å². The summed E-state index contributed by atoms with van der Waals surface area (Å²) < 4.78 is 0. The molecule has 0 spiro atoms. The van der Waals surface area contributed by atoms with Crippen molar-refractivity contribution in [3.8, 4) is 0 Å². The first-order valence-corrected chi connectivity index (χ1v) is 5.90. The summed E-state index contributed by atoms with van der Waals surface area (Å²) in [6.45, 7) is 10.6. The van der Waals surface area contributed by atoms with Crippen molar-refractivity contribution in [1.29, 1.82) is 0 Å². The Morgan fingerprint density at radius 3 is 1.78 bits per heavy atom. The van der Waals surface area contributed by atoms with Gasteiger partial charge in [-0.05, 0) is 0 Å². The summed E-state index contributed by atoms with van der Waals surface area (Å²) in [5, 5.41) is 0. The van der Waals surface area contributed by atoms with Crippen LogP contribution in [0.5, 0.6) is 0 Å². The largest absolute Gasteiger partial charge is 2.00 e. The Bertz CT molecular complexity index is 445. The van der Waals surface area contributed by atoms with Gasteiger partial charge < -0.3 is 0 Å². The van der Waals surface area contributed by atoms with E-state index in [-0.39, 0.29) is 21.1 Å². The van der Waals surface area contributed by atoms with Gasteiger partial charge in [0, 0.05) is 0 Å². The zero-order valence-electron chi connectivity index (χ0n) is 11.8. The van der Waals surface area contributed by atoms with Gasteiger partial charge >= 0.3 is 21.1 Å². The quantitative estimate of drug-likeness (QED) is 0.563. The third-order valence-corrected chi connectivity index (χ3v) is 3.11. The summed E-state index contributed by atoms with van der Waals surface area (Å²) in [5.74, 6) is 0. The smallest absolute Gasteiger partial charge is 0.184 e. The number of hydrogen-bond donors (Lipinski definition) is 0. The van der Waals surface area contributed by atoms with Crippen LogP contribution in [0.2, 0.25) is 0 Å². The van der Waals surface area contributed by atoms with Gasteiger partial charge in [-0.25, -0.2) is 0 Å². The molecule has 0 aromatic heterocycles. The molecule has 2 aromatic rings. The molecular formula is C17H20W. The molecule has 0 atom stereocenters. The molecule has 0 unspecified atom stereocenters. The molecule has 0 heterocycles. The van der Waals surface area contributed by atoms with Crippen LogP contribution in [0.1, 0.15) is 27.8 Å². The average Bonchev–Trinajstić information content (AvgIpc) is 2.33. The molecule has 0 bridgehead atoms. The molecular weight excluding hydrogens is 388 g/mol. The molecule has 0 aliphatic carbocycles. The van der Waals surface area contributed by atoms with Gasteiger partial charge in [0.05, 0.1) is 0 Å². The van der Waals surface area contributed by atoms with Crippen molar-refractivity contribution in [2.24, 2.45) is 0 Å². The number of rotatable bonds is 0. The van der Waals surface area contributed by atoms with Crippen LogP contribution in [0.4, 0.5) is 0 Å². The van der Waals surface area contributed by atoms with Gasteiger partial charge in [-0.15, -0.1) is 0 Å². The molecule has 1 heteroatoms. The standard InChI is InChI=1S/C10H13.C7H7.W/c1-7-5-6-8(2)10(4)9(7)3;1-7-5-3-2-4-6-7;/h5H,1-4H3;3-6H,1H3;/q2*-1;+2. The van der Waals surface area contributed by atoms with Gasteiger partial charge in [-0.2, -0.15) is 70.3 Å². The normalized spacial score (nSPS) is 8.94.